The van der Waals surface area contributed by atoms with Crippen molar-refractivity contribution in [2.75, 3.05) is 18.1 Å². The summed E-state index contributed by atoms with van der Waals surface area (Å²) in [6, 6.07) is 0. The van der Waals surface area contributed by atoms with E-state index in [-0.39, 0.29) is 0 Å². The lowest BCUT2D eigenvalue weighted by Crippen LogP contribution is -1.99. The number of hydrogen-bond acceptors (Lipinski definition) is 3. The number of isothiocyanates is 1. The van der Waals surface area contributed by atoms with Crippen molar-refractivity contribution in [2.45, 2.75) is 19.8 Å². The predicted octanol–water partition coefficient (Wildman–Crippen LogP) is 1.64. The van der Waals surface area contributed by atoms with E-state index in [9.17, 15) is 4.21 Å². The van der Waals surface area contributed by atoms with Gasteiger partial charge < -0.3 is 0 Å². The summed E-state index contributed by atoms with van der Waals surface area (Å²) in [7, 11) is -0.621. The summed E-state index contributed by atoms with van der Waals surface area (Å²) in [4.78, 5) is 3.76. The lowest BCUT2D eigenvalue weighted by atomic mass is 10.3. The summed E-state index contributed by atoms with van der Waals surface area (Å²) in [5, 5.41) is 2.30. The first-order valence-corrected chi connectivity index (χ1v) is 5.59. The van der Waals surface area contributed by atoms with Crippen LogP contribution in [0.4, 0.5) is 0 Å². The minimum Gasteiger partial charge on any atom is -0.260 e. The molecule has 0 saturated heterocycles. The number of rotatable bonds is 6. The zero-order valence-corrected chi connectivity index (χ0v) is 8.34. The topological polar surface area (TPSA) is 29.4 Å². The molecular weight excluding hydrogens is 178 g/mol. The fourth-order valence-electron chi connectivity index (χ4n) is 0.644. The average Bonchev–Trinajstić information content (AvgIpc) is 2.04. The lowest BCUT2D eigenvalue weighted by molar-refractivity contribution is 0.679. The Bertz CT molecular complexity index is 164. The van der Waals surface area contributed by atoms with Crippen molar-refractivity contribution in [1.29, 1.82) is 0 Å². The van der Waals surface area contributed by atoms with Gasteiger partial charge in [0, 0.05) is 28.9 Å². The minimum absolute atomic E-state index is 0.621. The third kappa shape index (κ3) is 7.85. The molecule has 0 aliphatic heterocycles. The van der Waals surface area contributed by atoms with E-state index in [4.69, 9.17) is 0 Å². The van der Waals surface area contributed by atoms with Crippen molar-refractivity contribution in [3.05, 3.63) is 0 Å². The van der Waals surface area contributed by atoms with E-state index in [1.54, 1.807) is 0 Å². The van der Waals surface area contributed by atoms with Gasteiger partial charge in [-0.1, -0.05) is 6.92 Å². The van der Waals surface area contributed by atoms with Crippen molar-refractivity contribution < 1.29 is 4.21 Å². The van der Waals surface area contributed by atoms with Crippen molar-refractivity contribution in [3.63, 3.8) is 0 Å². The van der Waals surface area contributed by atoms with Gasteiger partial charge in [0.2, 0.25) is 0 Å². The van der Waals surface area contributed by atoms with E-state index in [0.29, 0.717) is 0 Å². The largest absolute Gasteiger partial charge is 0.260 e. The van der Waals surface area contributed by atoms with Crippen LogP contribution in [0.2, 0.25) is 0 Å². The summed E-state index contributed by atoms with van der Waals surface area (Å²) in [6.07, 6.45) is 1.94. The van der Waals surface area contributed by atoms with Gasteiger partial charge >= 0.3 is 0 Å². The zero-order chi connectivity index (χ0) is 8.53. The van der Waals surface area contributed by atoms with Gasteiger partial charge in [-0.3, -0.25) is 4.21 Å². The Morgan fingerprint density at radius 3 is 2.82 bits per heavy atom. The standard InChI is InChI=1S/C7H13NOS2/c1-2-11(9)6-4-3-5-8-7-10/h2-6H2,1H3/t11-/m1/s1. The predicted molar refractivity (Wildman–Crippen MR) is 52.7 cm³/mol. The molecule has 11 heavy (non-hydrogen) atoms. The smallest absolute Gasteiger partial charge is 0.0584 e. The van der Waals surface area contributed by atoms with Gasteiger partial charge in [-0.2, -0.15) is 0 Å². The number of unbranched alkanes of at least 4 members (excludes halogenated alkanes) is 1. The molecule has 0 aliphatic carbocycles. The maximum Gasteiger partial charge on any atom is 0.0584 e. The van der Waals surface area contributed by atoms with E-state index in [1.807, 2.05) is 6.92 Å². The Kier molecular flexibility index (Phi) is 8.01. The molecule has 0 radical (unpaired) electrons. The Morgan fingerprint density at radius 1 is 1.55 bits per heavy atom. The summed E-state index contributed by atoms with van der Waals surface area (Å²) in [6.45, 7) is 2.66. The molecule has 0 aliphatic rings. The van der Waals surface area contributed by atoms with Gasteiger partial charge in [0.15, 0.2) is 0 Å². The van der Waals surface area contributed by atoms with Gasteiger partial charge in [-0.05, 0) is 25.1 Å². The first kappa shape index (κ1) is 11.0. The molecular formula is C7H13NOS2. The molecule has 0 bridgehead atoms. The van der Waals surface area contributed by atoms with Crippen LogP contribution in [0.5, 0.6) is 0 Å². The minimum atomic E-state index is -0.621. The summed E-state index contributed by atoms with van der Waals surface area (Å²) in [5.74, 6) is 1.56. The second kappa shape index (κ2) is 8.05. The van der Waals surface area contributed by atoms with Crippen molar-refractivity contribution in [3.8, 4) is 0 Å². The molecule has 2 nitrogen and oxygen atoms in total. The van der Waals surface area contributed by atoms with Crippen LogP contribution < -0.4 is 0 Å². The molecule has 0 spiro atoms. The Hall–Kier alpha value is -0.0500. The molecule has 0 amide bonds. The van der Waals surface area contributed by atoms with Crippen LogP contribution in [-0.2, 0) is 10.8 Å². The molecule has 0 rings (SSSR count). The normalized spacial score (nSPS) is 12.1. The first-order valence-electron chi connectivity index (χ1n) is 3.70. The zero-order valence-electron chi connectivity index (χ0n) is 6.71. The Morgan fingerprint density at radius 2 is 2.27 bits per heavy atom. The van der Waals surface area contributed by atoms with Crippen molar-refractivity contribution >= 4 is 28.2 Å². The first-order chi connectivity index (χ1) is 5.31. The van der Waals surface area contributed by atoms with Crippen LogP contribution in [0.3, 0.4) is 0 Å². The average molecular weight is 191 g/mol. The highest BCUT2D eigenvalue weighted by molar-refractivity contribution is 7.84. The number of thiocarbonyl (C=S) groups is 1. The molecule has 1 atom stereocenters. The van der Waals surface area contributed by atoms with E-state index < -0.39 is 10.8 Å². The van der Waals surface area contributed by atoms with Gasteiger partial charge in [-0.15, -0.1) is 0 Å². The lowest BCUT2D eigenvalue weighted by Gasteiger charge is -1.95. The van der Waals surface area contributed by atoms with E-state index in [1.165, 1.54) is 0 Å². The number of aliphatic imine (C=N–C) groups is 1. The van der Waals surface area contributed by atoms with Crippen LogP contribution in [-0.4, -0.2) is 27.4 Å². The highest BCUT2D eigenvalue weighted by Crippen LogP contribution is 1.92. The van der Waals surface area contributed by atoms with Crippen LogP contribution in [0, 0.1) is 0 Å². The summed E-state index contributed by atoms with van der Waals surface area (Å²) >= 11 is 4.40. The Balaban J connectivity index is 3.14. The molecule has 4 heteroatoms. The summed E-state index contributed by atoms with van der Waals surface area (Å²) < 4.78 is 10.9. The SMILES string of the molecule is CC[S@@](=O)CCCCN=C=S. The summed E-state index contributed by atoms with van der Waals surface area (Å²) in [5.41, 5.74) is 0. The van der Waals surface area contributed by atoms with E-state index in [2.05, 4.69) is 22.4 Å². The van der Waals surface area contributed by atoms with Crippen molar-refractivity contribution in [1.82, 2.24) is 0 Å². The van der Waals surface area contributed by atoms with Gasteiger partial charge in [0.25, 0.3) is 0 Å². The molecule has 64 valence electrons. The molecule has 0 aromatic carbocycles. The molecule has 0 N–H and O–H groups in total. The quantitative estimate of drug-likeness (QED) is 0.363. The van der Waals surface area contributed by atoms with Crippen molar-refractivity contribution in [2.24, 2.45) is 4.99 Å². The monoisotopic (exact) mass is 191 g/mol. The van der Waals surface area contributed by atoms with Crippen LogP contribution in [0.25, 0.3) is 0 Å². The number of nitrogens with zero attached hydrogens (tertiary/aromatic N) is 1. The van der Waals surface area contributed by atoms with Crippen LogP contribution in [0.1, 0.15) is 19.8 Å². The van der Waals surface area contributed by atoms with E-state index in [0.717, 1.165) is 30.9 Å². The van der Waals surface area contributed by atoms with E-state index >= 15 is 0 Å². The van der Waals surface area contributed by atoms with Crippen LogP contribution in [0.15, 0.2) is 4.99 Å². The maximum absolute atomic E-state index is 10.9. The number of hydrogen-bond donors (Lipinski definition) is 0. The van der Waals surface area contributed by atoms with Crippen LogP contribution >= 0.6 is 12.2 Å². The highest BCUT2D eigenvalue weighted by atomic mass is 32.2. The third-order valence-corrected chi connectivity index (χ3v) is 2.80. The van der Waals surface area contributed by atoms with Gasteiger partial charge in [0.1, 0.15) is 0 Å². The molecule has 0 heterocycles. The molecule has 0 aromatic heterocycles. The highest BCUT2D eigenvalue weighted by Gasteiger charge is 1.93. The van der Waals surface area contributed by atoms with Gasteiger partial charge in [-0.25, -0.2) is 4.99 Å². The molecule has 0 fully saturated rings. The second-order valence-corrected chi connectivity index (χ2v) is 4.16. The fourth-order valence-corrected chi connectivity index (χ4v) is 1.55. The maximum atomic E-state index is 10.9. The molecule has 0 saturated carbocycles. The third-order valence-electron chi connectivity index (χ3n) is 1.28. The second-order valence-electron chi connectivity index (χ2n) is 2.11. The Labute approximate surface area is 75.6 Å². The molecule has 0 aromatic rings. The fraction of sp³-hybridized carbons (Fsp3) is 0.857. The molecule has 0 unspecified atom stereocenters. The van der Waals surface area contributed by atoms with Gasteiger partial charge in [0.05, 0.1) is 5.16 Å².